The molecule has 10 nitrogen and oxygen atoms in total. The minimum atomic E-state index is -1.09. The van der Waals surface area contributed by atoms with Crippen LogP contribution in [0, 0.1) is 0 Å². The molecule has 1 aliphatic heterocycles. The van der Waals surface area contributed by atoms with Crippen LogP contribution >= 0.6 is 0 Å². The lowest BCUT2D eigenvalue weighted by atomic mass is 10.1. The Kier molecular flexibility index (Phi) is 7.09. The van der Waals surface area contributed by atoms with E-state index in [1.54, 1.807) is 0 Å². The number of anilines is 2. The van der Waals surface area contributed by atoms with Gasteiger partial charge in [0.2, 0.25) is 5.95 Å². The summed E-state index contributed by atoms with van der Waals surface area (Å²) in [4.78, 5) is 12.2. The molecule has 0 spiro atoms. The third-order valence-corrected chi connectivity index (χ3v) is 5.15. The number of aromatic nitrogens is 4. The van der Waals surface area contributed by atoms with Crippen LogP contribution < -0.4 is 11.5 Å². The number of hydrogen-bond donors (Lipinski definition) is 4. The van der Waals surface area contributed by atoms with Crippen molar-refractivity contribution in [2.24, 2.45) is 0 Å². The highest BCUT2D eigenvalue weighted by Gasteiger charge is 2.45. The molecule has 29 heavy (non-hydrogen) atoms. The van der Waals surface area contributed by atoms with E-state index in [4.69, 9.17) is 22.3 Å². The molecule has 1 saturated heterocycles. The summed E-state index contributed by atoms with van der Waals surface area (Å²) in [5.41, 5.74) is 12.2. The first-order valence-electron chi connectivity index (χ1n) is 10.8. The van der Waals surface area contributed by atoms with E-state index in [2.05, 4.69) is 21.9 Å². The summed E-state index contributed by atoms with van der Waals surface area (Å²) in [6.45, 7) is 2.00. The van der Waals surface area contributed by atoms with Gasteiger partial charge in [-0.05, 0) is 6.40 Å². The summed E-state index contributed by atoms with van der Waals surface area (Å²) in [7, 11) is 0. The predicted molar refractivity (Wildman–Crippen MR) is 109 cm³/mol. The van der Waals surface area contributed by atoms with Gasteiger partial charge < -0.3 is 31.2 Å². The maximum Gasteiger partial charge on any atom is 0.224 e. The smallest absolute Gasteiger partial charge is 0.224 e. The van der Waals surface area contributed by atoms with Gasteiger partial charge in [-0.3, -0.25) is 4.57 Å². The Morgan fingerprint density at radius 2 is 2.00 bits per heavy atom. The summed E-state index contributed by atoms with van der Waals surface area (Å²) in [5, 5.41) is 20.5. The van der Waals surface area contributed by atoms with Gasteiger partial charge in [0.1, 0.15) is 23.8 Å². The van der Waals surface area contributed by atoms with E-state index in [1.165, 1.54) is 30.2 Å². The van der Waals surface area contributed by atoms with E-state index in [0.29, 0.717) is 11.2 Å². The third kappa shape index (κ3) is 4.95. The van der Waals surface area contributed by atoms with Crippen LogP contribution in [0.15, 0.2) is 6.33 Å². The molecule has 6 N–H and O–H groups in total. The molecule has 10 heteroatoms. The number of nitrogens with zero attached hydrogens (tertiary/aromatic N) is 4. The molecule has 162 valence electrons. The molecule has 2 aromatic rings. The molecule has 3 heterocycles. The highest BCUT2D eigenvalue weighted by Crippen LogP contribution is 2.33. The van der Waals surface area contributed by atoms with Crippen LogP contribution in [0.4, 0.5) is 11.8 Å². The van der Waals surface area contributed by atoms with Crippen molar-refractivity contribution in [1.82, 2.24) is 19.5 Å². The fraction of sp³-hybridized carbons (Fsp3) is 0.737. The highest BCUT2D eigenvalue weighted by atomic mass is 16.6. The van der Waals surface area contributed by atoms with Gasteiger partial charge in [0.05, 0.1) is 12.9 Å². The van der Waals surface area contributed by atoms with E-state index < -0.39 is 30.9 Å². The molecule has 1 fully saturated rings. The van der Waals surface area contributed by atoms with Gasteiger partial charge in [0.25, 0.3) is 0 Å². The van der Waals surface area contributed by atoms with Crippen LogP contribution in [0.1, 0.15) is 59.4 Å². The van der Waals surface area contributed by atoms with Crippen molar-refractivity contribution < 1.29 is 21.1 Å². The number of ether oxygens (including phenoxy) is 2. The van der Waals surface area contributed by atoms with E-state index in [1.807, 2.05) is 0 Å². The van der Waals surface area contributed by atoms with Crippen molar-refractivity contribution in [3.05, 3.63) is 6.33 Å². The Bertz CT molecular complexity index is 822. The molecular weight excluding hydrogens is 376 g/mol. The fourth-order valence-electron chi connectivity index (χ4n) is 3.60. The zero-order chi connectivity index (χ0) is 21.7. The van der Waals surface area contributed by atoms with Crippen LogP contribution in [0.25, 0.3) is 11.2 Å². The van der Waals surface area contributed by atoms with Crippen molar-refractivity contribution in [3.63, 3.8) is 0 Å². The number of nitrogen functional groups attached to an aromatic ring is 2. The standard InChI is InChI=1S/C19H32N6O4/c1-2-3-4-5-6-7-8-9-28-15-12(10-26)29-18(14(15)27)25-11-22-13-16(20)23-19(21)24-17(13)25/h11-12,14-15,18,26-27H,2-10H2,1H3,(H4,20,21,23,24)/t12-,14-,15-,18?/m1/s1/i8D/t8?,12-,14-,15-,18?. The highest BCUT2D eigenvalue weighted by molar-refractivity contribution is 5.82. The van der Waals surface area contributed by atoms with Gasteiger partial charge in [-0.1, -0.05) is 45.4 Å². The van der Waals surface area contributed by atoms with E-state index >= 15 is 0 Å². The maximum atomic E-state index is 10.8. The van der Waals surface area contributed by atoms with E-state index in [-0.39, 0.29) is 25.0 Å². The number of aliphatic hydroxyl groups excluding tert-OH is 2. The van der Waals surface area contributed by atoms with Crippen LogP contribution in [0.2, 0.25) is 0 Å². The number of rotatable bonds is 11. The molecule has 0 aliphatic carbocycles. The number of fused-ring (bicyclic) bond motifs is 1. The van der Waals surface area contributed by atoms with Gasteiger partial charge >= 0.3 is 0 Å². The topological polar surface area (TPSA) is 155 Å². The Balaban J connectivity index is 1.63. The lowest BCUT2D eigenvalue weighted by Crippen LogP contribution is -2.36. The average molecular weight is 410 g/mol. The third-order valence-electron chi connectivity index (χ3n) is 5.15. The van der Waals surface area contributed by atoms with E-state index in [9.17, 15) is 10.2 Å². The van der Waals surface area contributed by atoms with Gasteiger partial charge in [0.15, 0.2) is 17.7 Å². The largest absolute Gasteiger partial charge is 0.394 e. The molecule has 2 aromatic heterocycles. The number of unbranched alkanes of at least 4 members (excludes halogenated alkanes) is 4. The molecule has 3 rings (SSSR count). The number of nitrogens with two attached hydrogens (primary N) is 2. The SMILES string of the molecule is [2H]C(CCCCCCC)CO[C@@H]1[C@@H](CO)OC(n2cnc3c(N)nc(N)nc32)[C@@H]1O. The first-order valence-corrected chi connectivity index (χ1v) is 10.2. The summed E-state index contributed by atoms with van der Waals surface area (Å²) < 4.78 is 21.3. The first-order chi connectivity index (χ1) is 14.5. The van der Waals surface area contributed by atoms with Crippen LogP contribution in [-0.4, -0.2) is 61.3 Å². The Morgan fingerprint density at radius 1 is 1.24 bits per heavy atom. The second kappa shape index (κ2) is 10.1. The Hall–Kier alpha value is -2.01. The quantitative estimate of drug-likeness (QED) is 0.403. The van der Waals surface area contributed by atoms with Crippen molar-refractivity contribution in [2.75, 3.05) is 24.7 Å². The lowest BCUT2D eigenvalue weighted by Gasteiger charge is -2.20. The van der Waals surface area contributed by atoms with Crippen molar-refractivity contribution in [2.45, 2.75) is 76.4 Å². The summed E-state index contributed by atoms with van der Waals surface area (Å²) >= 11 is 0. The van der Waals surface area contributed by atoms with Gasteiger partial charge in [-0.25, -0.2) is 4.98 Å². The second-order valence-corrected chi connectivity index (χ2v) is 7.32. The van der Waals surface area contributed by atoms with E-state index in [0.717, 1.165) is 19.3 Å². The zero-order valence-corrected chi connectivity index (χ0v) is 16.8. The normalized spacial score (nSPS) is 26.1. The van der Waals surface area contributed by atoms with Gasteiger partial charge in [-0.2, -0.15) is 9.97 Å². The number of imidazole rings is 1. The molecule has 2 unspecified atom stereocenters. The molecule has 0 bridgehead atoms. The molecule has 1 aliphatic rings. The van der Waals surface area contributed by atoms with Crippen LogP contribution in [-0.2, 0) is 9.47 Å². The predicted octanol–water partition coefficient (Wildman–Crippen LogP) is 1.38. The zero-order valence-electron chi connectivity index (χ0n) is 17.8. The van der Waals surface area contributed by atoms with Crippen molar-refractivity contribution in [3.8, 4) is 0 Å². The molecule has 5 atom stereocenters. The van der Waals surface area contributed by atoms with Gasteiger partial charge in [-0.15, -0.1) is 0 Å². The molecular formula is C19H32N6O4. The second-order valence-electron chi connectivity index (χ2n) is 7.32. The summed E-state index contributed by atoms with van der Waals surface area (Å²) in [5.74, 6) is 0.114. The molecule has 0 amide bonds. The van der Waals surface area contributed by atoms with Gasteiger partial charge in [0, 0.05) is 7.98 Å². The fourth-order valence-corrected chi connectivity index (χ4v) is 3.60. The number of aliphatic hydroxyl groups is 2. The van der Waals surface area contributed by atoms with Crippen molar-refractivity contribution in [1.29, 1.82) is 0 Å². The molecule has 0 aromatic carbocycles. The Labute approximate surface area is 171 Å². The minimum absolute atomic E-state index is 0.0169. The summed E-state index contributed by atoms with van der Waals surface area (Å²) in [6.07, 6.45) is 3.98. The van der Waals surface area contributed by atoms with Crippen LogP contribution in [0.5, 0.6) is 0 Å². The Morgan fingerprint density at radius 3 is 2.76 bits per heavy atom. The monoisotopic (exact) mass is 409 g/mol. The summed E-state index contributed by atoms with van der Waals surface area (Å²) in [6, 6.07) is 0. The minimum Gasteiger partial charge on any atom is -0.394 e. The maximum absolute atomic E-state index is 10.8. The number of hydrogen-bond acceptors (Lipinski definition) is 9. The lowest BCUT2D eigenvalue weighted by molar-refractivity contribution is -0.0609. The molecule has 0 saturated carbocycles. The average Bonchev–Trinajstić information content (AvgIpc) is 3.27. The molecule has 0 radical (unpaired) electrons. The van der Waals surface area contributed by atoms with Crippen LogP contribution in [0.3, 0.4) is 0 Å². The van der Waals surface area contributed by atoms with Crippen molar-refractivity contribution >= 4 is 22.9 Å². The first kappa shape index (κ1) is 20.3.